The van der Waals surface area contributed by atoms with Gasteiger partial charge in [0, 0.05) is 25.2 Å². The van der Waals surface area contributed by atoms with Crippen LogP contribution in [0, 0.1) is 0 Å². The van der Waals surface area contributed by atoms with Crippen molar-refractivity contribution < 1.29 is 15.0 Å². The summed E-state index contributed by atoms with van der Waals surface area (Å²) in [5.41, 5.74) is 0.893. The molecule has 2 N–H and O–H groups in total. The Balaban J connectivity index is 3.27. The number of hydrogen-bond donors (Lipinski definition) is 2. The van der Waals surface area contributed by atoms with E-state index in [9.17, 15) is 9.90 Å². The summed E-state index contributed by atoms with van der Waals surface area (Å²) in [6.07, 6.45) is -1.43. The van der Waals surface area contributed by atoms with Gasteiger partial charge in [-0.1, -0.05) is 32.0 Å². The minimum absolute atomic E-state index is 0.819. The van der Waals surface area contributed by atoms with Crippen LogP contribution in [-0.4, -0.2) is 36.4 Å². The van der Waals surface area contributed by atoms with Crippen LogP contribution in [0.25, 0.3) is 0 Å². The number of aliphatic carboxylic acids is 1. The number of carbonyl (C=O) groups is 1. The second-order valence-electron chi connectivity index (χ2n) is 4.87. The second-order valence-corrected chi connectivity index (χ2v) is 4.87. The first kappa shape index (κ1) is 13.5. The predicted octanol–water partition coefficient (Wildman–Crippen LogP) is 1.48. The van der Waals surface area contributed by atoms with Crippen LogP contribution in [0.15, 0.2) is 24.3 Å². The molecule has 0 heterocycles. The van der Waals surface area contributed by atoms with E-state index in [-0.39, 0.29) is 0 Å². The van der Waals surface area contributed by atoms with Crippen LogP contribution in [0.3, 0.4) is 0 Å². The van der Waals surface area contributed by atoms with E-state index >= 15 is 0 Å². The maximum Gasteiger partial charge on any atom is 0.333 e. The number of nitrogens with zero attached hydrogens (tertiary/aromatic N) is 1. The summed E-state index contributed by atoms with van der Waals surface area (Å²) in [5.74, 6) is -1.21. The van der Waals surface area contributed by atoms with Crippen LogP contribution >= 0.6 is 0 Å². The number of hydrogen-bond acceptors (Lipinski definition) is 3. The molecule has 17 heavy (non-hydrogen) atoms. The van der Waals surface area contributed by atoms with Gasteiger partial charge in [0.2, 0.25) is 0 Å². The third-order valence-electron chi connectivity index (χ3n) is 3.00. The first-order valence-corrected chi connectivity index (χ1v) is 5.46. The summed E-state index contributed by atoms with van der Waals surface area (Å²) in [5, 5.41) is 18.7. The molecular weight excluding hydrogens is 218 g/mol. The fraction of sp³-hybridized carbons (Fsp3) is 0.462. The van der Waals surface area contributed by atoms with E-state index in [0.29, 0.717) is 0 Å². The van der Waals surface area contributed by atoms with E-state index in [4.69, 9.17) is 5.11 Å². The summed E-state index contributed by atoms with van der Waals surface area (Å²) in [6, 6.07) is 7.49. The molecule has 1 atom stereocenters. The highest BCUT2D eigenvalue weighted by atomic mass is 16.4. The largest absolute Gasteiger partial charge is 0.479 e. The monoisotopic (exact) mass is 237 g/mol. The molecule has 0 radical (unpaired) electrons. The maximum atomic E-state index is 10.9. The zero-order valence-electron chi connectivity index (χ0n) is 10.6. The van der Waals surface area contributed by atoms with Crippen molar-refractivity contribution in [3.05, 3.63) is 29.8 Å². The lowest BCUT2D eigenvalue weighted by Crippen LogP contribution is -2.40. The lowest BCUT2D eigenvalue weighted by Gasteiger charge is -2.32. The molecule has 0 spiro atoms. The molecule has 1 rings (SSSR count). The number of benzene rings is 1. The van der Waals surface area contributed by atoms with Crippen LogP contribution in [0.5, 0.6) is 0 Å². The topological polar surface area (TPSA) is 60.8 Å². The molecule has 0 aliphatic rings. The summed E-state index contributed by atoms with van der Waals surface area (Å²) >= 11 is 0. The van der Waals surface area contributed by atoms with Crippen LogP contribution in [0.1, 0.15) is 19.4 Å². The van der Waals surface area contributed by atoms with E-state index in [1.807, 2.05) is 43.3 Å². The maximum absolute atomic E-state index is 10.9. The smallest absolute Gasteiger partial charge is 0.333 e. The Labute approximate surface area is 101 Å². The minimum Gasteiger partial charge on any atom is -0.479 e. The van der Waals surface area contributed by atoms with E-state index in [0.717, 1.165) is 11.3 Å². The summed E-state index contributed by atoms with van der Waals surface area (Å²) in [7, 11) is 3.78. The minimum atomic E-state index is -1.43. The van der Waals surface area contributed by atoms with Crippen molar-refractivity contribution in [2.45, 2.75) is 25.4 Å². The zero-order valence-corrected chi connectivity index (χ0v) is 10.6. The number of aliphatic hydroxyl groups excluding tert-OH is 1. The molecule has 0 aliphatic carbocycles. The van der Waals surface area contributed by atoms with E-state index < -0.39 is 17.5 Å². The summed E-state index contributed by atoms with van der Waals surface area (Å²) in [4.78, 5) is 12.8. The molecule has 0 aliphatic heterocycles. The fourth-order valence-corrected chi connectivity index (χ4v) is 1.86. The van der Waals surface area contributed by atoms with Gasteiger partial charge in [0.25, 0.3) is 0 Å². The number of rotatable bonds is 4. The molecule has 1 unspecified atom stereocenters. The Morgan fingerprint density at radius 1 is 1.29 bits per heavy atom. The molecule has 0 amide bonds. The average Bonchev–Trinajstić information content (AvgIpc) is 2.27. The van der Waals surface area contributed by atoms with E-state index in [1.54, 1.807) is 13.8 Å². The number of anilines is 1. The van der Waals surface area contributed by atoms with Gasteiger partial charge in [-0.15, -0.1) is 0 Å². The highest BCUT2D eigenvalue weighted by Crippen LogP contribution is 2.34. The van der Waals surface area contributed by atoms with Gasteiger partial charge >= 0.3 is 5.97 Å². The van der Waals surface area contributed by atoms with Gasteiger partial charge < -0.3 is 15.1 Å². The molecule has 0 saturated heterocycles. The van der Waals surface area contributed by atoms with Crippen LogP contribution in [-0.2, 0) is 10.2 Å². The van der Waals surface area contributed by atoms with Crippen molar-refractivity contribution in [2.75, 3.05) is 19.0 Å². The standard InChI is InChI=1S/C13H19NO3/c1-13(2,11(15)12(16)17)9-7-5-6-8-10(9)14(3)4/h5-8,11,15H,1-4H3,(H,16,17). The third-order valence-corrected chi connectivity index (χ3v) is 3.00. The molecular formula is C13H19NO3. The molecule has 4 heteroatoms. The van der Waals surface area contributed by atoms with Crippen LogP contribution in [0.4, 0.5) is 5.69 Å². The summed E-state index contributed by atoms with van der Waals surface area (Å²) < 4.78 is 0. The van der Waals surface area contributed by atoms with Gasteiger partial charge in [-0.05, 0) is 11.6 Å². The molecule has 4 nitrogen and oxygen atoms in total. The van der Waals surface area contributed by atoms with Crippen molar-refractivity contribution in [2.24, 2.45) is 0 Å². The summed E-state index contributed by atoms with van der Waals surface area (Å²) in [6.45, 7) is 3.46. The Morgan fingerprint density at radius 3 is 2.29 bits per heavy atom. The molecule has 0 fully saturated rings. The lowest BCUT2D eigenvalue weighted by atomic mass is 9.78. The van der Waals surface area contributed by atoms with E-state index in [2.05, 4.69) is 0 Å². The van der Waals surface area contributed by atoms with Gasteiger partial charge in [-0.2, -0.15) is 0 Å². The van der Waals surface area contributed by atoms with E-state index in [1.165, 1.54) is 0 Å². The number of carboxylic acids is 1. The molecule has 0 bridgehead atoms. The van der Waals surface area contributed by atoms with Crippen molar-refractivity contribution in [1.29, 1.82) is 0 Å². The second kappa shape index (κ2) is 4.75. The first-order valence-electron chi connectivity index (χ1n) is 5.46. The Hall–Kier alpha value is -1.55. The Kier molecular flexibility index (Phi) is 3.78. The predicted molar refractivity (Wildman–Crippen MR) is 67.4 cm³/mol. The quantitative estimate of drug-likeness (QED) is 0.832. The van der Waals surface area contributed by atoms with Crippen LogP contribution in [0.2, 0.25) is 0 Å². The number of carboxylic acid groups (broad SMARTS) is 1. The molecule has 0 saturated carbocycles. The van der Waals surface area contributed by atoms with Crippen LogP contribution < -0.4 is 4.90 Å². The Morgan fingerprint density at radius 2 is 1.82 bits per heavy atom. The highest BCUT2D eigenvalue weighted by molar-refractivity contribution is 5.75. The first-order chi connectivity index (χ1) is 7.78. The van der Waals surface area contributed by atoms with Crippen molar-refractivity contribution in [3.8, 4) is 0 Å². The fourth-order valence-electron chi connectivity index (χ4n) is 1.86. The van der Waals surface area contributed by atoms with Gasteiger partial charge in [-0.3, -0.25) is 0 Å². The molecule has 1 aromatic carbocycles. The van der Waals surface area contributed by atoms with Gasteiger partial charge in [0.15, 0.2) is 6.10 Å². The van der Waals surface area contributed by atoms with Gasteiger partial charge in [-0.25, -0.2) is 4.79 Å². The average molecular weight is 237 g/mol. The highest BCUT2D eigenvalue weighted by Gasteiger charge is 2.36. The SMILES string of the molecule is CN(C)c1ccccc1C(C)(C)C(O)C(=O)O. The molecule has 0 aromatic heterocycles. The molecule has 94 valence electrons. The van der Waals surface area contributed by atoms with Gasteiger partial charge in [0.05, 0.1) is 0 Å². The Bertz CT molecular complexity index is 413. The number of para-hydroxylation sites is 1. The lowest BCUT2D eigenvalue weighted by molar-refractivity contribution is -0.150. The van der Waals surface area contributed by atoms with Crippen molar-refractivity contribution in [1.82, 2.24) is 0 Å². The zero-order chi connectivity index (χ0) is 13.2. The molecule has 1 aromatic rings. The van der Waals surface area contributed by atoms with Crippen molar-refractivity contribution in [3.63, 3.8) is 0 Å². The third kappa shape index (κ3) is 2.58. The van der Waals surface area contributed by atoms with Gasteiger partial charge in [0.1, 0.15) is 0 Å². The normalized spacial score (nSPS) is 13.2. The number of aliphatic hydroxyl groups is 1. The van der Waals surface area contributed by atoms with Crippen molar-refractivity contribution >= 4 is 11.7 Å².